The first-order chi connectivity index (χ1) is 8.75. The molecule has 0 aliphatic carbocycles. The largest absolute Gasteiger partial charge is 0.481 e. The van der Waals surface area contributed by atoms with Crippen molar-refractivity contribution in [3.63, 3.8) is 0 Å². The van der Waals surface area contributed by atoms with Gasteiger partial charge in [0.2, 0.25) is 0 Å². The zero-order valence-corrected chi connectivity index (χ0v) is 12.4. The number of amides is 1. The third-order valence-electron chi connectivity index (χ3n) is 3.23. The van der Waals surface area contributed by atoms with Gasteiger partial charge in [0.05, 0.1) is 0 Å². The molecule has 1 atom stereocenters. The summed E-state index contributed by atoms with van der Waals surface area (Å²) in [6.07, 6.45) is 0.314. The van der Waals surface area contributed by atoms with Crippen molar-refractivity contribution in [2.24, 2.45) is 0 Å². The first-order valence-electron chi connectivity index (χ1n) is 6.60. The quantitative estimate of drug-likeness (QED) is 0.804. The fraction of sp³-hybridized carbons (Fsp3) is 0.533. The Balaban J connectivity index is 2.71. The van der Waals surface area contributed by atoms with E-state index in [1.165, 1.54) is 0 Å². The second-order valence-corrected chi connectivity index (χ2v) is 5.51. The lowest BCUT2D eigenvalue weighted by atomic mass is 10.0. The molecule has 0 aromatic heterocycles. The van der Waals surface area contributed by atoms with Gasteiger partial charge in [0.15, 0.2) is 6.10 Å². The van der Waals surface area contributed by atoms with Gasteiger partial charge in [0.25, 0.3) is 5.91 Å². The van der Waals surface area contributed by atoms with Crippen LogP contribution in [0.3, 0.4) is 0 Å². The fourth-order valence-corrected chi connectivity index (χ4v) is 1.51. The van der Waals surface area contributed by atoms with Gasteiger partial charge < -0.3 is 15.8 Å². The minimum absolute atomic E-state index is 0.117. The molecule has 0 spiro atoms. The van der Waals surface area contributed by atoms with E-state index in [-0.39, 0.29) is 11.4 Å². The van der Waals surface area contributed by atoms with Crippen LogP contribution < -0.4 is 15.8 Å². The zero-order chi connectivity index (χ0) is 14.6. The molecule has 0 fully saturated rings. The second-order valence-electron chi connectivity index (χ2n) is 5.51. The first kappa shape index (κ1) is 15.3. The van der Waals surface area contributed by atoms with E-state index in [2.05, 4.69) is 5.32 Å². The summed E-state index contributed by atoms with van der Waals surface area (Å²) < 4.78 is 5.69. The van der Waals surface area contributed by atoms with Crippen molar-refractivity contribution in [3.8, 4) is 5.75 Å². The van der Waals surface area contributed by atoms with Crippen LogP contribution in [0.15, 0.2) is 18.2 Å². The molecule has 1 amide bonds. The van der Waals surface area contributed by atoms with Crippen LogP contribution in [-0.4, -0.2) is 17.6 Å². The third-order valence-corrected chi connectivity index (χ3v) is 3.23. The average molecular weight is 264 g/mol. The Bertz CT molecular complexity index is 455. The van der Waals surface area contributed by atoms with Crippen molar-refractivity contribution >= 4 is 11.6 Å². The van der Waals surface area contributed by atoms with Crippen molar-refractivity contribution in [3.05, 3.63) is 23.8 Å². The summed E-state index contributed by atoms with van der Waals surface area (Å²) in [5.41, 5.74) is 7.09. The number of ether oxygens (including phenoxy) is 1. The maximum absolute atomic E-state index is 12.1. The van der Waals surface area contributed by atoms with E-state index < -0.39 is 6.10 Å². The molecule has 1 aromatic carbocycles. The number of nitrogen functional groups attached to an aromatic ring is 1. The molecule has 0 saturated carbocycles. The first-order valence-corrected chi connectivity index (χ1v) is 6.60. The maximum atomic E-state index is 12.1. The minimum Gasteiger partial charge on any atom is -0.481 e. The number of aryl methyl sites for hydroxylation is 1. The molecule has 1 aromatic rings. The molecule has 0 radical (unpaired) electrons. The van der Waals surface area contributed by atoms with Gasteiger partial charge in [-0.3, -0.25) is 4.79 Å². The molecule has 1 unspecified atom stereocenters. The van der Waals surface area contributed by atoms with Gasteiger partial charge in [-0.25, -0.2) is 0 Å². The van der Waals surface area contributed by atoms with Gasteiger partial charge in [-0.2, -0.15) is 0 Å². The smallest absolute Gasteiger partial charge is 0.261 e. The van der Waals surface area contributed by atoms with Gasteiger partial charge in [0, 0.05) is 17.3 Å². The van der Waals surface area contributed by atoms with Crippen molar-refractivity contribution in [1.29, 1.82) is 0 Å². The van der Waals surface area contributed by atoms with Crippen LogP contribution in [-0.2, 0) is 4.79 Å². The zero-order valence-electron chi connectivity index (χ0n) is 12.4. The topological polar surface area (TPSA) is 64.3 Å². The maximum Gasteiger partial charge on any atom is 0.261 e. The second kappa shape index (κ2) is 5.95. The van der Waals surface area contributed by atoms with Crippen molar-refractivity contribution < 1.29 is 9.53 Å². The number of carbonyl (C=O) groups is 1. The van der Waals surface area contributed by atoms with Crippen LogP contribution >= 0.6 is 0 Å². The molecule has 106 valence electrons. The van der Waals surface area contributed by atoms with Crippen molar-refractivity contribution in [2.45, 2.75) is 52.7 Å². The Morgan fingerprint density at radius 2 is 2.11 bits per heavy atom. The fourth-order valence-electron chi connectivity index (χ4n) is 1.51. The molecule has 0 aliphatic heterocycles. The Labute approximate surface area is 115 Å². The molecule has 1 rings (SSSR count). The van der Waals surface area contributed by atoms with Gasteiger partial charge in [0.1, 0.15) is 5.75 Å². The summed E-state index contributed by atoms with van der Waals surface area (Å²) in [7, 11) is 0. The highest BCUT2D eigenvalue weighted by Crippen LogP contribution is 2.22. The lowest BCUT2D eigenvalue weighted by Crippen LogP contribution is -2.48. The van der Waals surface area contributed by atoms with Crippen LogP contribution in [0.5, 0.6) is 5.75 Å². The van der Waals surface area contributed by atoms with Crippen LogP contribution in [0, 0.1) is 6.92 Å². The molecule has 0 saturated heterocycles. The highest BCUT2D eigenvalue weighted by atomic mass is 16.5. The van der Waals surface area contributed by atoms with Crippen LogP contribution in [0.4, 0.5) is 5.69 Å². The Morgan fingerprint density at radius 1 is 1.47 bits per heavy atom. The third kappa shape index (κ3) is 4.47. The van der Waals surface area contributed by atoms with Gasteiger partial charge in [-0.1, -0.05) is 13.0 Å². The minimum atomic E-state index is -0.550. The summed E-state index contributed by atoms with van der Waals surface area (Å²) in [6.45, 7) is 9.68. The van der Waals surface area contributed by atoms with E-state index in [0.717, 1.165) is 12.0 Å². The Hall–Kier alpha value is -1.71. The monoisotopic (exact) mass is 264 g/mol. The van der Waals surface area contributed by atoms with Crippen molar-refractivity contribution in [1.82, 2.24) is 5.32 Å². The lowest BCUT2D eigenvalue weighted by molar-refractivity contribution is -0.129. The van der Waals surface area contributed by atoms with Crippen LogP contribution in [0.1, 0.15) is 39.7 Å². The standard InChI is InChI=1S/C15H24N2O2/c1-6-15(4,5)17-14(18)11(3)19-13-9-12(16)8-7-10(13)2/h7-9,11H,6,16H2,1-5H3,(H,17,18). The predicted molar refractivity (Wildman–Crippen MR) is 78.2 cm³/mol. The van der Waals surface area contributed by atoms with E-state index in [1.54, 1.807) is 13.0 Å². The molecule has 0 bridgehead atoms. The number of nitrogens with one attached hydrogen (secondary N) is 1. The molecular formula is C15H24N2O2. The van der Waals surface area contributed by atoms with Crippen LogP contribution in [0.25, 0.3) is 0 Å². The molecule has 19 heavy (non-hydrogen) atoms. The number of benzene rings is 1. The number of rotatable bonds is 5. The summed E-state index contributed by atoms with van der Waals surface area (Å²) >= 11 is 0. The number of nitrogens with two attached hydrogens (primary N) is 1. The van der Waals surface area contributed by atoms with Gasteiger partial charge >= 0.3 is 0 Å². The highest BCUT2D eigenvalue weighted by Gasteiger charge is 2.23. The Kier molecular flexibility index (Phi) is 4.81. The van der Waals surface area contributed by atoms with Gasteiger partial charge in [-0.15, -0.1) is 0 Å². The summed E-state index contributed by atoms with van der Waals surface area (Å²) in [5.74, 6) is 0.533. The number of anilines is 1. The van der Waals surface area contributed by atoms with E-state index in [0.29, 0.717) is 11.4 Å². The summed E-state index contributed by atoms with van der Waals surface area (Å²) in [4.78, 5) is 12.1. The summed E-state index contributed by atoms with van der Waals surface area (Å²) in [6, 6.07) is 5.43. The van der Waals surface area contributed by atoms with Crippen molar-refractivity contribution in [2.75, 3.05) is 5.73 Å². The van der Waals surface area contributed by atoms with E-state index in [4.69, 9.17) is 10.5 Å². The molecule has 4 nitrogen and oxygen atoms in total. The molecule has 0 heterocycles. The lowest BCUT2D eigenvalue weighted by Gasteiger charge is -2.27. The van der Waals surface area contributed by atoms with Gasteiger partial charge in [-0.05, 0) is 45.7 Å². The van der Waals surface area contributed by atoms with E-state index >= 15 is 0 Å². The summed E-state index contributed by atoms with van der Waals surface area (Å²) in [5, 5.41) is 2.96. The number of hydrogen-bond donors (Lipinski definition) is 2. The Morgan fingerprint density at radius 3 is 2.68 bits per heavy atom. The molecule has 3 N–H and O–H groups in total. The SMILES string of the molecule is CCC(C)(C)NC(=O)C(C)Oc1cc(N)ccc1C. The number of carbonyl (C=O) groups excluding carboxylic acids is 1. The van der Waals surface area contributed by atoms with E-state index in [1.807, 2.05) is 39.8 Å². The normalized spacial score (nSPS) is 12.9. The highest BCUT2D eigenvalue weighted by molar-refractivity contribution is 5.81. The van der Waals surface area contributed by atoms with E-state index in [9.17, 15) is 4.79 Å². The average Bonchev–Trinajstić information content (AvgIpc) is 2.33. The molecule has 4 heteroatoms. The molecule has 0 aliphatic rings. The number of hydrogen-bond acceptors (Lipinski definition) is 3. The van der Waals surface area contributed by atoms with Crippen LogP contribution in [0.2, 0.25) is 0 Å². The molecular weight excluding hydrogens is 240 g/mol. The predicted octanol–water partition coefficient (Wildman–Crippen LogP) is 2.65.